The number of rotatable bonds is 3. The number of carbonyl (C=O) groups is 2. The fourth-order valence-corrected chi connectivity index (χ4v) is 4.26. The van der Waals surface area contributed by atoms with Crippen LogP contribution >= 0.6 is 11.6 Å². The number of carbonyl (C=O) groups excluding carboxylic acids is 2. The summed E-state index contributed by atoms with van der Waals surface area (Å²) in [4.78, 5) is 32.0. The van der Waals surface area contributed by atoms with Gasteiger partial charge in [-0.1, -0.05) is 49.7 Å². The summed E-state index contributed by atoms with van der Waals surface area (Å²) in [7, 11) is 0. The molecule has 1 aliphatic heterocycles. The van der Waals surface area contributed by atoms with Crippen LogP contribution in [0.15, 0.2) is 66.9 Å². The minimum absolute atomic E-state index is 0.0984. The highest BCUT2D eigenvalue weighted by Gasteiger charge is 2.46. The van der Waals surface area contributed by atoms with Crippen LogP contribution in [0, 0.1) is 0 Å². The van der Waals surface area contributed by atoms with Gasteiger partial charge in [-0.15, -0.1) is 0 Å². The summed E-state index contributed by atoms with van der Waals surface area (Å²) in [5.41, 5.74) is 0.803. The molecule has 0 unspecified atom stereocenters. The molecule has 0 atom stereocenters. The van der Waals surface area contributed by atoms with Gasteiger partial charge in [0.2, 0.25) is 0 Å². The molecule has 0 aliphatic carbocycles. The molecule has 0 fully saturated rings. The summed E-state index contributed by atoms with van der Waals surface area (Å²) in [6.45, 7) is 3.71. The summed E-state index contributed by atoms with van der Waals surface area (Å²) in [6, 6.07) is 16.3. The molecular weight excluding hydrogens is 467 g/mol. The molecule has 2 amide bonds. The lowest BCUT2D eigenvalue weighted by molar-refractivity contribution is -0.170. The van der Waals surface area contributed by atoms with Crippen molar-refractivity contribution in [2.45, 2.75) is 31.9 Å². The third-order valence-corrected chi connectivity index (χ3v) is 6.18. The Morgan fingerprint density at radius 1 is 1.06 bits per heavy atom. The average Bonchev–Trinajstić information content (AvgIpc) is 2.80. The van der Waals surface area contributed by atoms with Crippen molar-refractivity contribution in [2.24, 2.45) is 0 Å². The third kappa shape index (κ3) is 4.37. The van der Waals surface area contributed by atoms with Crippen LogP contribution in [0.5, 0.6) is 0 Å². The number of benzene rings is 2. The third-order valence-electron chi connectivity index (χ3n) is 5.88. The Hall–Kier alpha value is -3.39. The van der Waals surface area contributed by atoms with Gasteiger partial charge in [-0.25, -0.2) is 4.98 Å². The number of pyridine rings is 1. The van der Waals surface area contributed by atoms with Crippen molar-refractivity contribution in [3.05, 3.63) is 83.0 Å². The smallest absolute Gasteiger partial charge is 0.304 e. The van der Waals surface area contributed by atoms with E-state index in [1.807, 2.05) is 13.8 Å². The molecule has 34 heavy (non-hydrogen) atoms. The van der Waals surface area contributed by atoms with Crippen LogP contribution in [0.25, 0.3) is 0 Å². The van der Waals surface area contributed by atoms with Gasteiger partial charge in [-0.2, -0.15) is 13.2 Å². The van der Waals surface area contributed by atoms with Gasteiger partial charge in [-0.3, -0.25) is 14.5 Å². The van der Waals surface area contributed by atoms with E-state index in [4.69, 9.17) is 11.6 Å². The molecule has 2 heterocycles. The van der Waals surface area contributed by atoms with E-state index in [0.29, 0.717) is 17.5 Å². The van der Waals surface area contributed by atoms with Crippen LogP contribution in [0.1, 0.15) is 36.2 Å². The molecule has 3 aromatic rings. The highest BCUT2D eigenvalue weighted by molar-refractivity contribution is 6.34. The highest BCUT2D eigenvalue weighted by Crippen LogP contribution is 2.44. The monoisotopic (exact) mass is 487 g/mol. The summed E-state index contributed by atoms with van der Waals surface area (Å²) in [5.74, 6) is -2.29. The molecular formula is C25H21ClF3N3O2. The lowest BCUT2D eigenvalue weighted by Crippen LogP contribution is -2.47. The largest absolute Gasteiger partial charge is 0.471 e. The number of aromatic nitrogens is 1. The van der Waals surface area contributed by atoms with Crippen molar-refractivity contribution in [3.63, 3.8) is 0 Å². The molecule has 1 aliphatic rings. The van der Waals surface area contributed by atoms with E-state index in [1.54, 1.807) is 54.6 Å². The predicted molar refractivity (Wildman–Crippen MR) is 125 cm³/mol. The second-order valence-corrected chi connectivity index (χ2v) is 9.01. The molecule has 0 bridgehead atoms. The molecule has 5 nitrogen and oxygen atoms in total. The normalized spacial score (nSPS) is 14.9. The molecule has 0 saturated carbocycles. The second kappa shape index (κ2) is 8.76. The topological polar surface area (TPSA) is 53.5 Å². The predicted octanol–water partition coefficient (Wildman–Crippen LogP) is 6.29. The number of anilines is 3. The number of halogens is 4. The van der Waals surface area contributed by atoms with Gasteiger partial charge in [0.1, 0.15) is 0 Å². The fourth-order valence-electron chi connectivity index (χ4n) is 4.05. The van der Waals surface area contributed by atoms with Crippen molar-refractivity contribution in [1.82, 2.24) is 4.98 Å². The Kier molecular flexibility index (Phi) is 6.12. The first kappa shape index (κ1) is 23.8. The van der Waals surface area contributed by atoms with E-state index < -0.39 is 23.4 Å². The quantitative estimate of drug-likeness (QED) is 0.436. The average molecular weight is 488 g/mol. The van der Waals surface area contributed by atoms with Gasteiger partial charge in [0.25, 0.3) is 5.91 Å². The van der Waals surface area contributed by atoms with E-state index in [1.165, 1.54) is 17.2 Å². The minimum atomic E-state index is -5.03. The zero-order valence-corrected chi connectivity index (χ0v) is 19.2. The Balaban J connectivity index is 1.91. The number of amides is 2. The van der Waals surface area contributed by atoms with Gasteiger partial charge < -0.3 is 4.90 Å². The van der Waals surface area contributed by atoms with Crippen LogP contribution in [-0.4, -0.2) is 29.5 Å². The number of fused-ring (bicyclic) bond motifs is 1. The van der Waals surface area contributed by atoms with Gasteiger partial charge in [0.15, 0.2) is 5.82 Å². The molecule has 2 aromatic carbocycles. The zero-order chi connectivity index (χ0) is 24.7. The lowest BCUT2D eigenvalue weighted by Gasteiger charge is -2.40. The molecule has 1 aromatic heterocycles. The Bertz CT molecular complexity index is 1250. The minimum Gasteiger partial charge on any atom is -0.304 e. The lowest BCUT2D eigenvalue weighted by atomic mass is 9.77. The van der Waals surface area contributed by atoms with Crippen LogP contribution in [0.4, 0.5) is 30.4 Å². The number of nitrogens with zero attached hydrogens (tertiary/aromatic N) is 3. The summed E-state index contributed by atoms with van der Waals surface area (Å²) in [5, 5.41) is 0.188. The first-order valence-electron chi connectivity index (χ1n) is 10.5. The van der Waals surface area contributed by atoms with Crippen LogP contribution in [0.2, 0.25) is 5.02 Å². The zero-order valence-electron chi connectivity index (χ0n) is 18.4. The van der Waals surface area contributed by atoms with Crippen molar-refractivity contribution < 1.29 is 22.8 Å². The van der Waals surface area contributed by atoms with Crippen LogP contribution in [-0.2, 0) is 10.2 Å². The number of hydrogen-bond acceptors (Lipinski definition) is 3. The van der Waals surface area contributed by atoms with Gasteiger partial charge >= 0.3 is 12.1 Å². The summed E-state index contributed by atoms with van der Waals surface area (Å²) in [6.07, 6.45) is -3.20. The first-order valence-corrected chi connectivity index (χ1v) is 10.9. The maximum absolute atomic E-state index is 13.5. The van der Waals surface area contributed by atoms with E-state index in [9.17, 15) is 22.8 Å². The maximum atomic E-state index is 13.5. The second-order valence-electron chi connectivity index (χ2n) is 8.61. The molecule has 0 saturated heterocycles. The van der Waals surface area contributed by atoms with E-state index in [-0.39, 0.29) is 28.8 Å². The van der Waals surface area contributed by atoms with Crippen molar-refractivity contribution in [3.8, 4) is 0 Å². The van der Waals surface area contributed by atoms with Crippen LogP contribution in [0.3, 0.4) is 0 Å². The Labute approximate surface area is 199 Å². The highest BCUT2D eigenvalue weighted by atomic mass is 35.5. The fraction of sp³-hybridized carbons (Fsp3) is 0.240. The maximum Gasteiger partial charge on any atom is 0.471 e. The number of hydrogen-bond donors (Lipinski definition) is 0. The molecule has 0 spiro atoms. The molecule has 176 valence electrons. The summed E-state index contributed by atoms with van der Waals surface area (Å²) >= 11 is 6.36. The van der Waals surface area contributed by atoms with Crippen molar-refractivity contribution >= 4 is 40.6 Å². The van der Waals surface area contributed by atoms with Gasteiger partial charge in [-0.05, 0) is 53.8 Å². The van der Waals surface area contributed by atoms with E-state index in [2.05, 4.69) is 4.98 Å². The standard InChI is InChI=1S/C25H21ClF3N3O2/c1-24(2)12-14-31(23(34)25(27,28)29)20-15-17(10-11-18(20)24)32(21-19(26)9-6-13-30-21)22(33)16-7-4-3-5-8-16/h3-11,13,15H,12,14H2,1-2H3. The Morgan fingerprint density at radius 2 is 1.76 bits per heavy atom. The molecule has 0 N–H and O–H groups in total. The van der Waals surface area contributed by atoms with E-state index >= 15 is 0 Å². The van der Waals surface area contributed by atoms with Crippen molar-refractivity contribution in [1.29, 1.82) is 0 Å². The van der Waals surface area contributed by atoms with Crippen LogP contribution < -0.4 is 9.80 Å². The van der Waals surface area contributed by atoms with Gasteiger partial charge in [0, 0.05) is 24.0 Å². The molecule has 4 rings (SSSR count). The van der Waals surface area contributed by atoms with E-state index in [0.717, 1.165) is 4.90 Å². The molecule has 9 heteroatoms. The molecule has 0 radical (unpaired) electrons. The number of alkyl halides is 3. The first-order chi connectivity index (χ1) is 16.0. The SMILES string of the molecule is CC1(C)CCN(C(=O)C(F)(F)F)c2cc(N(C(=O)c3ccccc3)c3ncccc3Cl)ccc21. The Morgan fingerprint density at radius 3 is 2.41 bits per heavy atom. The van der Waals surface area contributed by atoms with Crippen molar-refractivity contribution in [2.75, 3.05) is 16.3 Å². The summed E-state index contributed by atoms with van der Waals surface area (Å²) < 4.78 is 40.1. The van der Waals surface area contributed by atoms with Gasteiger partial charge in [0.05, 0.1) is 10.7 Å².